The van der Waals surface area contributed by atoms with Gasteiger partial charge < -0.3 is 4.90 Å². The van der Waals surface area contributed by atoms with Crippen LogP contribution in [0.3, 0.4) is 0 Å². The summed E-state index contributed by atoms with van der Waals surface area (Å²) in [4.78, 5) is 30.8. The second-order valence-electron chi connectivity index (χ2n) is 7.48. The summed E-state index contributed by atoms with van der Waals surface area (Å²) < 4.78 is 1.70. The molecule has 1 aliphatic rings. The largest absolute Gasteiger partial charge is 0.355 e. The van der Waals surface area contributed by atoms with Gasteiger partial charge in [-0.05, 0) is 42.8 Å². The van der Waals surface area contributed by atoms with E-state index in [1.165, 1.54) is 0 Å². The first kappa shape index (κ1) is 20.8. The van der Waals surface area contributed by atoms with Crippen molar-refractivity contribution in [2.24, 2.45) is 0 Å². The lowest BCUT2D eigenvalue weighted by Gasteiger charge is -2.27. The fourth-order valence-electron chi connectivity index (χ4n) is 3.71. The summed E-state index contributed by atoms with van der Waals surface area (Å²) in [5.74, 6) is 0.698. The topological polar surface area (TPSA) is 91.9 Å². The monoisotopic (exact) mass is 433 g/mol. The number of benzene rings is 1. The highest BCUT2D eigenvalue weighted by Gasteiger charge is 2.21. The van der Waals surface area contributed by atoms with Crippen LogP contribution >= 0.6 is 11.6 Å². The van der Waals surface area contributed by atoms with Crippen molar-refractivity contribution in [3.8, 4) is 11.8 Å². The Morgan fingerprint density at radius 3 is 2.58 bits per heavy atom. The Morgan fingerprint density at radius 2 is 1.90 bits per heavy atom. The molecular formula is C23H20ClN5O2. The van der Waals surface area contributed by atoms with Gasteiger partial charge in [-0.25, -0.2) is 9.67 Å². The number of halogens is 1. The Kier molecular flexibility index (Phi) is 5.83. The van der Waals surface area contributed by atoms with Crippen molar-refractivity contribution in [2.75, 3.05) is 18.0 Å². The molecule has 3 aromatic rings. The Morgan fingerprint density at radius 1 is 1.19 bits per heavy atom. The standard InChI is InChI=1S/C23H20ClN5O2/c1-15-21(14-27-29(15)19-4-2-18(24)3-5-19)22(31)11-16-10-17(12-25)23(26-13-16)28-8-6-20(30)7-9-28/h2-5,10,13-14H,6-9,11H2,1H3. The first-order chi connectivity index (χ1) is 15.0. The summed E-state index contributed by atoms with van der Waals surface area (Å²) in [6, 6.07) is 11.1. The quantitative estimate of drug-likeness (QED) is 0.570. The van der Waals surface area contributed by atoms with Crippen LogP contribution in [0.15, 0.2) is 42.7 Å². The molecular weight excluding hydrogens is 414 g/mol. The number of nitriles is 1. The van der Waals surface area contributed by atoms with Gasteiger partial charge in [-0.15, -0.1) is 0 Å². The predicted molar refractivity (Wildman–Crippen MR) is 117 cm³/mol. The van der Waals surface area contributed by atoms with E-state index in [0.29, 0.717) is 53.5 Å². The number of ketones is 2. The van der Waals surface area contributed by atoms with E-state index in [1.807, 2.05) is 24.0 Å². The molecule has 31 heavy (non-hydrogen) atoms. The molecule has 0 spiro atoms. The highest BCUT2D eigenvalue weighted by atomic mass is 35.5. The molecule has 1 saturated heterocycles. The maximum atomic E-state index is 12.9. The summed E-state index contributed by atoms with van der Waals surface area (Å²) in [6.07, 6.45) is 4.23. The number of anilines is 1. The van der Waals surface area contributed by atoms with Crippen LogP contribution in [0, 0.1) is 18.3 Å². The Hall–Kier alpha value is -3.50. The van der Waals surface area contributed by atoms with E-state index in [9.17, 15) is 14.9 Å². The Labute approximate surface area is 184 Å². The molecule has 0 saturated carbocycles. The molecule has 3 heterocycles. The molecule has 4 rings (SSSR count). The lowest BCUT2D eigenvalue weighted by atomic mass is 10.0. The Balaban J connectivity index is 1.53. The van der Waals surface area contributed by atoms with Crippen molar-refractivity contribution < 1.29 is 9.59 Å². The van der Waals surface area contributed by atoms with E-state index < -0.39 is 0 Å². The van der Waals surface area contributed by atoms with Crippen molar-refractivity contribution >= 4 is 29.0 Å². The molecule has 0 aliphatic carbocycles. The number of carbonyl (C=O) groups excluding carboxylic acids is 2. The minimum atomic E-state index is -0.0975. The molecule has 0 unspecified atom stereocenters. The van der Waals surface area contributed by atoms with Crippen LogP contribution in [0.4, 0.5) is 5.82 Å². The summed E-state index contributed by atoms with van der Waals surface area (Å²) in [5.41, 5.74) is 3.14. The van der Waals surface area contributed by atoms with Crippen molar-refractivity contribution in [1.29, 1.82) is 5.26 Å². The maximum absolute atomic E-state index is 12.9. The highest BCUT2D eigenvalue weighted by molar-refractivity contribution is 6.30. The third-order valence-electron chi connectivity index (χ3n) is 5.41. The molecule has 156 valence electrons. The normalized spacial score (nSPS) is 13.8. The second-order valence-corrected chi connectivity index (χ2v) is 7.92. The summed E-state index contributed by atoms with van der Waals surface area (Å²) in [6.45, 7) is 2.96. The number of hydrogen-bond acceptors (Lipinski definition) is 6. The number of aromatic nitrogens is 3. The number of carbonyl (C=O) groups is 2. The maximum Gasteiger partial charge on any atom is 0.170 e. The van der Waals surface area contributed by atoms with Crippen LogP contribution in [-0.2, 0) is 11.2 Å². The zero-order valence-electron chi connectivity index (χ0n) is 17.0. The first-order valence-electron chi connectivity index (χ1n) is 9.95. The third kappa shape index (κ3) is 4.35. The van der Waals surface area contributed by atoms with Crippen LogP contribution in [-0.4, -0.2) is 39.4 Å². The first-order valence-corrected chi connectivity index (χ1v) is 10.3. The van der Waals surface area contributed by atoms with Crippen molar-refractivity contribution in [3.05, 3.63) is 70.1 Å². The average Bonchev–Trinajstić information content (AvgIpc) is 3.16. The van der Waals surface area contributed by atoms with Crippen molar-refractivity contribution in [3.63, 3.8) is 0 Å². The van der Waals surface area contributed by atoms with E-state index in [4.69, 9.17) is 11.6 Å². The lowest BCUT2D eigenvalue weighted by Crippen LogP contribution is -2.34. The van der Waals surface area contributed by atoms with Gasteiger partial charge in [0.2, 0.25) is 0 Å². The van der Waals surface area contributed by atoms with Crippen LogP contribution in [0.25, 0.3) is 5.69 Å². The number of hydrogen-bond donors (Lipinski definition) is 0. The molecule has 0 bridgehead atoms. The minimum Gasteiger partial charge on any atom is -0.355 e. The molecule has 0 amide bonds. The third-order valence-corrected chi connectivity index (χ3v) is 5.66. The fourth-order valence-corrected chi connectivity index (χ4v) is 3.83. The van der Waals surface area contributed by atoms with E-state index in [1.54, 1.807) is 35.3 Å². The minimum absolute atomic E-state index is 0.0975. The summed E-state index contributed by atoms with van der Waals surface area (Å²) in [7, 11) is 0. The van der Waals surface area contributed by atoms with Crippen molar-refractivity contribution in [2.45, 2.75) is 26.2 Å². The van der Waals surface area contributed by atoms with E-state index in [0.717, 1.165) is 11.4 Å². The fraction of sp³-hybridized carbons (Fsp3) is 0.261. The van der Waals surface area contributed by atoms with Crippen LogP contribution in [0.1, 0.15) is 40.0 Å². The number of pyridine rings is 1. The smallest absolute Gasteiger partial charge is 0.170 e. The highest BCUT2D eigenvalue weighted by Crippen LogP contribution is 2.23. The predicted octanol–water partition coefficient (Wildman–Crippen LogP) is 3.70. The van der Waals surface area contributed by atoms with E-state index in [-0.39, 0.29) is 18.0 Å². The zero-order valence-corrected chi connectivity index (χ0v) is 17.8. The Bertz CT molecular complexity index is 1180. The van der Waals surface area contributed by atoms with Crippen LogP contribution < -0.4 is 4.90 Å². The molecule has 0 radical (unpaired) electrons. The second kappa shape index (κ2) is 8.70. The SMILES string of the molecule is Cc1c(C(=O)Cc2cnc(N3CCC(=O)CC3)c(C#N)c2)cnn1-c1ccc(Cl)cc1. The molecule has 0 atom stereocenters. The summed E-state index contributed by atoms with van der Waals surface area (Å²) in [5, 5.41) is 14.6. The lowest BCUT2D eigenvalue weighted by molar-refractivity contribution is -0.119. The van der Waals surface area contributed by atoms with Gasteiger partial charge in [0.05, 0.1) is 28.7 Å². The molecule has 7 nitrogen and oxygen atoms in total. The van der Waals surface area contributed by atoms with Gasteiger partial charge in [-0.2, -0.15) is 10.4 Å². The van der Waals surface area contributed by atoms with E-state index >= 15 is 0 Å². The zero-order chi connectivity index (χ0) is 22.0. The van der Waals surface area contributed by atoms with Gasteiger partial charge >= 0.3 is 0 Å². The van der Waals surface area contributed by atoms with Crippen LogP contribution in [0.5, 0.6) is 0 Å². The number of Topliss-reactive ketones (excluding diaryl/α,β-unsaturated/α-hetero) is 2. The van der Waals surface area contributed by atoms with Gasteiger partial charge in [-0.1, -0.05) is 11.6 Å². The number of nitrogens with zero attached hydrogens (tertiary/aromatic N) is 5. The molecule has 2 aromatic heterocycles. The van der Waals surface area contributed by atoms with Crippen molar-refractivity contribution in [1.82, 2.24) is 14.8 Å². The van der Waals surface area contributed by atoms with Crippen LogP contribution in [0.2, 0.25) is 5.02 Å². The van der Waals surface area contributed by atoms with Gasteiger partial charge in [0.15, 0.2) is 5.78 Å². The van der Waals surface area contributed by atoms with Gasteiger partial charge in [0.1, 0.15) is 17.7 Å². The molecule has 1 fully saturated rings. The molecule has 1 aromatic carbocycles. The molecule has 1 aliphatic heterocycles. The average molecular weight is 434 g/mol. The summed E-state index contributed by atoms with van der Waals surface area (Å²) >= 11 is 5.95. The molecule has 8 heteroatoms. The van der Waals surface area contributed by atoms with Gasteiger partial charge in [0, 0.05) is 43.6 Å². The molecule has 0 N–H and O–H groups in total. The number of rotatable bonds is 5. The van der Waals surface area contributed by atoms with Gasteiger partial charge in [-0.3, -0.25) is 9.59 Å². The van der Waals surface area contributed by atoms with Gasteiger partial charge in [0.25, 0.3) is 0 Å². The van der Waals surface area contributed by atoms with E-state index in [2.05, 4.69) is 16.2 Å². The number of piperidine rings is 1.